The van der Waals surface area contributed by atoms with Crippen molar-refractivity contribution in [3.8, 4) is 0 Å². The summed E-state index contributed by atoms with van der Waals surface area (Å²) in [6.45, 7) is 2.98. The molecule has 2 aromatic carbocycles. The summed E-state index contributed by atoms with van der Waals surface area (Å²) in [5, 5.41) is 3.37. The lowest BCUT2D eigenvalue weighted by molar-refractivity contribution is 0.0975. The van der Waals surface area contributed by atoms with Gasteiger partial charge >= 0.3 is 0 Å². The van der Waals surface area contributed by atoms with Crippen LogP contribution in [-0.2, 0) is 6.42 Å². The van der Waals surface area contributed by atoms with E-state index in [1.807, 2.05) is 36.4 Å². The van der Waals surface area contributed by atoms with E-state index in [1.165, 1.54) is 16.8 Å². The molecule has 1 aliphatic heterocycles. The zero-order chi connectivity index (χ0) is 13.9. The molecule has 2 heteroatoms. The molecule has 102 valence electrons. The van der Waals surface area contributed by atoms with Crippen LogP contribution in [0.5, 0.6) is 0 Å². The molecule has 0 aliphatic carbocycles. The highest BCUT2D eigenvalue weighted by Gasteiger charge is 2.24. The largest absolute Gasteiger partial charge is 0.384 e. The fourth-order valence-corrected chi connectivity index (χ4v) is 2.81. The number of nitrogens with one attached hydrogen (secondary N) is 1. The molecule has 1 atom stereocenters. The van der Waals surface area contributed by atoms with Gasteiger partial charge in [0.05, 0.1) is 0 Å². The molecule has 2 nitrogen and oxygen atoms in total. The standard InChI is InChI=1S/C18H19NO/c1-2-13-7-9-14(10-8-13)18(20)11-15-12-19-17-6-4-3-5-16(15)17/h3-10,15,19H,2,11-12H2,1H3. The maximum Gasteiger partial charge on any atom is 0.163 e. The van der Waals surface area contributed by atoms with Gasteiger partial charge in [-0.1, -0.05) is 49.4 Å². The molecule has 0 saturated heterocycles. The van der Waals surface area contributed by atoms with Crippen molar-refractivity contribution in [2.75, 3.05) is 11.9 Å². The van der Waals surface area contributed by atoms with Gasteiger partial charge in [0.25, 0.3) is 0 Å². The number of para-hydroxylation sites is 1. The first kappa shape index (κ1) is 12.9. The maximum atomic E-state index is 12.4. The van der Waals surface area contributed by atoms with Gasteiger partial charge in [0.1, 0.15) is 0 Å². The molecule has 1 heterocycles. The van der Waals surface area contributed by atoms with E-state index >= 15 is 0 Å². The molecule has 1 aliphatic rings. The third kappa shape index (κ3) is 2.46. The predicted molar refractivity (Wildman–Crippen MR) is 82.4 cm³/mol. The lowest BCUT2D eigenvalue weighted by atomic mass is 9.93. The first-order valence-corrected chi connectivity index (χ1v) is 7.23. The monoisotopic (exact) mass is 265 g/mol. The Labute approximate surface area is 119 Å². The fourth-order valence-electron chi connectivity index (χ4n) is 2.81. The third-order valence-corrected chi connectivity index (χ3v) is 4.06. The van der Waals surface area contributed by atoms with Crippen LogP contribution in [0.25, 0.3) is 0 Å². The SMILES string of the molecule is CCc1ccc(C(=O)CC2CNc3ccccc32)cc1. The van der Waals surface area contributed by atoms with E-state index in [4.69, 9.17) is 0 Å². The molecule has 0 amide bonds. The Balaban J connectivity index is 1.73. The molecule has 0 saturated carbocycles. The van der Waals surface area contributed by atoms with E-state index in [0.717, 1.165) is 18.5 Å². The molecule has 0 spiro atoms. The molecular formula is C18H19NO. The number of aryl methyl sites for hydroxylation is 1. The summed E-state index contributed by atoms with van der Waals surface area (Å²) in [7, 11) is 0. The van der Waals surface area contributed by atoms with E-state index in [1.54, 1.807) is 0 Å². The highest BCUT2D eigenvalue weighted by molar-refractivity contribution is 5.96. The first-order valence-electron chi connectivity index (χ1n) is 7.23. The summed E-state index contributed by atoms with van der Waals surface area (Å²) >= 11 is 0. The predicted octanol–water partition coefficient (Wildman–Crippen LogP) is 4.03. The number of Topliss-reactive ketones (excluding diaryl/α,β-unsaturated/α-hetero) is 1. The second-order valence-corrected chi connectivity index (χ2v) is 5.34. The average molecular weight is 265 g/mol. The molecule has 1 unspecified atom stereocenters. The van der Waals surface area contributed by atoms with Gasteiger partial charge in [-0.05, 0) is 23.6 Å². The van der Waals surface area contributed by atoms with Crippen LogP contribution in [0.15, 0.2) is 48.5 Å². The molecule has 1 N–H and O–H groups in total. The van der Waals surface area contributed by atoms with Crippen molar-refractivity contribution >= 4 is 11.5 Å². The highest BCUT2D eigenvalue weighted by atomic mass is 16.1. The van der Waals surface area contributed by atoms with Gasteiger partial charge in [0.2, 0.25) is 0 Å². The van der Waals surface area contributed by atoms with Crippen LogP contribution in [0.4, 0.5) is 5.69 Å². The van der Waals surface area contributed by atoms with Gasteiger partial charge in [-0.25, -0.2) is 0 Å². The van der Waals surface area contributed by atoms with Crippen molar-refractivity contribution in [3.63, 3.8) is 0 Å². The van der Waals surface area contributed by atoms with Crippen molar-refractivity contribution in [2.45, 2.75) is 25.7 Å². The number of hydrogen-bond donors (Lipinski definition) is 1. The van der Waals surface area contributed by atoms with E-state index in [9.17, 15) is 4.79 Å². The Morgan fingerprint density at radius 3 is 2.65 bits per heavy atom. The molecule has 20 heavy (non-hydrogen) atoms. The molecule has 2 aromatic rings. The van der Waals surface area contributed by atoms with Gasteiger partial charge in [-0.2, -0.15) is 0 Å². The van der Waals surface area contributed by atoms with E-state index in [-0.39, 0.29) is 5.78 Å². The molecule has 0 aromatic heterocycles. The summed E-state index contributed by atoms with van der Waals surface area (Å²) in [6.07, 6.45) is 1.59. The quantitative estimate of drug-likeness (QED) is 0.846. The summed E-state index contributed by atoms with van der Waals surface area (Å²) in [5.41, 5.74) is 4.54. The molecule has 0 radical (unpaired) electrons. The molecular weight excluding hydrogens is 246 g/mol. The minimum absolute atomic E-state index is 0.233. The average Bonchev–Trinajstić information content (AvgIpc) is 2.91. The number of fused-ring (bicyclic) bond motifs is 1. The number of carbonyl (C=O) groups excluding carboxylic acids is 1. The number of ketones is 1. The second kappa shape index (κ2) is 5.49. The van der Waals surface area contributed by atoms with Crippen molar-refractivity contribution in [2.24, 2.45) is 0 Å². The second-order valence-electron chi connectivity index (χ2n) is 5.34. The minimum Gasteiger partial charge on any atom is -0.384 e. The van der Waals surface area contributed by atoms with Crippen LogP contribution in [0.2, 0.25) is 0 Å². The summed E-state index contributed by atoms with van der Waals surface area (Å²) in [4.78, 5) is 12.4. The van der Waals surface area contributed by atoms with Crippen LogP contribution >= 0.6 is 0 Å². The Morgan fingerprint density at radius 1 is 1.15 bits per heavy atom. The molecule has 3 rings (SSSR count). The minimum atomic E-state index is 0.233. The smallest absolute Gasteiger partial charge is 0.163 e. The van der Waals surface area contributed by atoms with Gasteiger partial charge in [0.15, 0.2) is 5.78 Å². The van der Waals surface area contributed by atoms with Gasteiger partial charge in [-0.15, -0.1) is 0 Å². The van der Waals surface area contributed by atoms with E-state index in [0.29, 0.717) is 12.3 Å². The zero-order valence-corrected chi connectivity index (χ0v) is 11.7. The van der Waals surface area contributed by atoms with Crippen molar-refractivity contribution < 1.29 is 4.79 Å². The number of carbonyl (C=O) groups is 1. The van der Waals surface area contributed by atoms with E-state index < -0.39 is 0 Å². The Bertz CT molecular complexity index is 616. The van der Waals surface area contributed by atoms with Crippen LogP contribution in [0.1, 0.15) is 40.7 Å². The van der Waals surface area contributed by atoms with Gasteiger partial charge in [-0.3, -0.25) is 4.79 Å². The third-order valence-electron chi connectivity index (χ3n) is 4.06. The van der Waals surface area contributed by atoms with Gasteiger partial charge in [0, 0.05) is 30.1 Å². The van der Waals surface area contributed by atoms with Crippen LogP contribution < -0.4 is 5.32 Å². The number of hydrogen-bond acceptors (Lipinski definition) is 2. The highest BCUT2D eigenvalue weighted by Crippen LogP contribution is 2.33. The van der Waals surface area contributed by atoms with Crippen LogP contribution in [-0.4, -0.2) is 12.3 Å². The summed E-state index contributed by atoms with van der Waals surface area (Å²) < 4.78 is 0. The molecule has 0 fully saturated rings. The number of anilines is 1. The maximum absolute atomic E-state index is 12.4. The topological polar surface area (TPSA) is 29.1 Å². The Kier molecular flexibility index (Phi) is 3.55. The van der Waals surface area contributed by atoms with Crippen molar-refractivity contribution in [1.29, 1.82) is 0 Å². The van der Waals surface area contributed by atoms with Crippen LogP contribution in [0, 0.1) is 0 Å². The Morgan fingerprint density at radius 2 is 1.90 bits per heavy atom. The Hall–Kier alpha value is -2.09. The number of benzene rings is 2. The van der Waals surface area contributed by atoms with Crippen molar-refractivity contribution in [3.05, 3.63) is 65.2 Å². The van der Waals surface area contributed by atoms with E-state index in [2.05, 4.69) is 24.4 Å². The summed E-state index contributed by atoms with van der Waals surface area (Å²) in [5.74, 6) is 0.528. The zero-order valence-electron chi connectivity index (χ0n) is 11.7. The van der Waals surface area contributed by atoms with Crippen LogP contribution in [0.3, 0.4) is 0 Å². The summed E-state index contributed by atoms with van der Waals surface area (Å²) in [6, 6.07) is 16.3. The fraction of sp³-hybridized carbons (Fsp3) is 0.278. The lowest BCUT2D eigenvalue weighted by Gasteiger charge is -2.09. The number of rotatable bonds is 4. The normalized spacial score (nSPS) is 16.6. The first-order chi connectivity index (χ1) is 9.78. The lowest BCUT2D eigenvalue weighted by Crippen LogP contribution is -2.09. The molecule has 0 bridgehead atoms. The van der Waals surface area contributed by atoms with Gasteiger partial charge < -0.3 is 5.32 Å². The van der Waals surface area contributed by atoms with Crippen molar-refractivity contribution in [1.82, 2.24) is 0 Å².